The number of rotatable bonds is 6. The average molecular weight is 476 g/mol. The molecule has 2 N–H and O–H groups in total. The third kappa shape index (κ3) is 4.03. The highest BCUT2D eigenvalue weighted by molar-refractivity contribution is 5.82. The molecule has 0 aromatic heterocycles. The lowest BCUT2D eigenvalue weighted by molar-refractivity contribution is -0.146. The van der Waals surface area contributed by atoms with E-state index in [9.17, 15) is 14.7 Å². The Bertz CT molecular complexity index is 1120. The fourth-order valence-electron chi connectivity index (χ4n) is 7.97. The fraction of sp³-hybridized carbons (Fsp3) is 0.533. The molecule has 35 heavy (non-hydrogen) atoms. The largest absolute Gasteiger partial charge is 0.496 e. The average Bonchev–Trinajstić information content (AvgIpc) is 3.22. The van der Waals surface area contributed by atoms with E-state index in [1.54, 1.807) is 7.11 Å². The first-order valence-electron chi connectivity index (χ1n) is 13.0. The molecule has 5 heteroatoms. The van der Waals surface area contributed by atoms with Crippen LogP contribution in [0.2, 0.25) is 0 Å². The second-order valence-corrected chi connectivity index (χ2v) is 11.4. The van der Waals surface area contributed by atoms with Gasteiger partial charge in [-0.05, 0) is 92.7 Å². The number of ether oxygens (including phenoxy) is 1. The molecule has 0 radical (unpaired) electrons. The van der Waals surface area contributed by atoms with Crippen molar-refractivity contribution in [3.63, 3.8) is 0 Å². The summed E-state index contributed by atoms with van der Waals surface area (Å²) < 4.78 is 5.56. The SMILES string of the molecule is COc1ccccc1C(C)(C)NC(=O)C1CC[C@H]2[C@@H]3CCc4ccccc4[C@H]3CC[C@]12CC(=O)O. The molecule has 0 saturated heterocycles. The highest BCUT2D eigenvalue weighted by Crippen LogP contribution is 2.64. The number of methoxy groups -OCH3 is 1. The summed E-state index contributed by atoms with van der Waals surface area (Å²) in [4.78, 5) is 26.1. The smallest absolute Gasteiger partial charge is 0.303 e. The number of fused-ring (bicyclic) bond motifs is 5. The number of carbonyl (C=O) groups is 2. The van der Waals surface area contributed by atoms with Crippen molar-refractivity contribution in [3.8, 4) is 5.75 Å². The summed E-state index contributed by atoms with van der Waals surface area (Å²) in [5, 5.41) is 13.3. The quantitative estimate of drug-likeness (QED) is 0.564. The van der Waals surface area contributed by atoms with Gasteiger partial charge in [-0.3, -0.25) is 9.59 Å². The molecule has 2 aromatic rings. The van der Waals surface area contributed by atoms with E-state index >= 15 is 0 Å². The van der Waals surface area contributed by atoms with Crippen molar-refractivity contribution in [1.29, 1.82) is 0 Å². The van der Waals surface area contributed by atoms with Crippen LogP contribution in [0.4, 0.5) is 0 Å². The number of aliphatic carboxylic acids is 1. The Kier molecular flexibility index (Phi) is 6.14. The van der Waals surface area contributed by atoms with Crippen molar-refractivity contribution < 1.29 is 19.4 Å². The van der Waals surface area contributed by atoms with E-state index in [1.165, 1.54) is 11.1 Å². The zero-order chi connectivity index (χ0) is 24.8. The van der Waals surface area contributed by atoms with E-state index < -0.39 is 16.9 Å². The Balaban J connectivity index is 1.44. The van der Waals surface area contributed by atoms with Gasteiger partial charge in [0.25, 0.3) is 0 Å². The molecule has 0 spiro atoms. The summed E-state index contributed by atoms with van der Waals surface area (Å²) in [5.74, 6) is 0.875. The van der Waals surface area contributed by atoms with Crippen LogP contribution in [-0.4, -0.2) is 24.1 Å². The Morgan fingerprint density at radius 1 is 1.06 bits per heavy atom. The van der Waals surface area contributed by atoms with E-state index in [2.05, 4.69) is 29.6 Å². The van der Waals surface area contributed by atoms with Crippen LogP contribution < -0.4 is 10.1 Å². The fourth-order valence-corrected chi connectivity index (χ4v) is 7.97. The third-order valence-corrected chi connectivity index (χ3v) is 9.37. The Morgan fingerprint density at radius 3 is 2.57 bits per heavy atom. The minimum Gasteiger partial charge on any atom is -0.496 e. The van der Waals surface area contributed by atoms with Gasteiger partial charge in [-0.2, -0.15) is 0 Å². The standard InChI is InChI=1S/C30H37NO4/c1-29(2,24-10-6-7-11-26(24)35-3)31-28(34)25-15-14-23-22-13-12-19-8-4-5-9-20(19)21(22)16-17-30(23,25)18-27(32)33/h4-11,21-23,25H,12-18H2,1-3H3,(H,31,34)(H,32,33)/t21-,22-,23+,25?,30-/m1/s1. The van der Waals surface area contributed by atoms with Gasteiger partial charge in [-0.15, -0.1) is 0 Å². The van der Waals surface area contributed by atoms with Crippen LogP contribution in [0.25, 0.3) is 0 Å². The van der Waals surface area contributed by atoms with E-state index in [-0.39, 0.29) is 24.2 Å². The second kappa shape index (κ2) is 9.00. The van der Waals surface area contributed by atoms with E-state index in [1.807, 2.05) is 38.1 Å². The zero-order valence-corrected chi connectivity index (χ0v) is 21.0. The summed E-state index contributed by atoms with van der Waals surface area (Å²) in [6, 6.07) is 16.5. The van der Waals surface area contributed by atoms with Crippen LogP contribution in [0.3, 0.4) is 0 Å². The summed E-state index contributed by atoms with van der Waals surface area (Å²) in [6.45, 7) is 3.99. The molecule has 0 heterocycles. The predicted octanol–water partition coefficient (Wildman–Crippen LogP) is 5.67. The third-order valence-electron chi connectivity index (χ3n) is 9.37. The van der Waals surface area contributed by atoms with Crippen molar-refractivity contribution in [2.45, 2.75) is 70.3 Å². The van der Waals surface area contributed by atoms with E-state index in [0.29, 0.717) is 11.8 Å². The van der Waals surface area contributed by atoms with Crippen LogP contribution in [0.1, 0.15) is 75.0 Å². The molecule has 5 rings (SSSR count). The molecule has 5 nitrogen and oxygen atoms in total. The molecular weight excluding hydrogens is 438 g/mol. The first-order chi connectivity index (χ1) is 16.8. The van der Waals surface area contributed by atoms with Crippen LogP contribution in [-0.2, 0) is 21.5 Å². The van der Waals surface area contributed by atoms with Gasteiger partial charge in [0.15, 0.2) is 0 Å². The molecular formula is C30H37NO4. The molecule has 2 aromatic carbocycles. The number of hydrogen-bond donors (Lipinski definition) is 2. The lowest BCUT2D eigenvalue weighted by atomic mass is 9.52. The maximum Gasteiger partial charge on any atom is 0.303 e. The minimum atomic E-state index is -0.784. The topological polar surface area (TPSA) is 75.6 Å². The van der Waals surface area contributed by atoms with Crippen molar-refractivity contribution in [2.75, 3.05) is 7.11 Å². The number of carbonyl (C=O) groups excluding carboxylic acids is 1. The van der Waals surface area contributed by atoms with Gasteiger partial charge in [-0.1, -0.05) is 42.5 Å². The number of nitrogens with one attached hydrogen (secondary N) is 1. The Labute approximate surface area is 208 Å². The number of carboxylic acid groups (broad SMARTS) is 1. The molecule has 0 bridgehead atoms. The minimum absolute atomic E-state index is 0.0145. The van der Waals surface area contributed by atoms with Crippen molar-refractivity contribution >= 4 is 11.9 Å². The van der Waals surface area contributed by atoms with Crippen molar-refractivity contribution in [1.82, 2.24) is 5.32 Å². The molecule has 186 valence electrons. The number of para-hydroxylation sites is 1. The summed E-state index contributed by atoms with van der Waals surface area (Å²) >= 11 is 0. The maximum absolute atomic E-state index is 13.9. The van der Waals surface area contributed by atoms with Gasteiger partial charge in [0.2, 0.25) is 5.91 Å². The second-order valence-electron chi connectivity index (χ2n) is 11.4. The van der Waals surface area contributed by atoms with Crippen LogP contribution in [0, 0.1) is 23.2 Å². The van der Waals surface area contributed by atoms with Crippen LogP contribution in [0.15, 0.2) is 48.5 Å². The Hall–Kier alpha value is -2.82. The van der Waals surface area contributed by atoms with E-state index in [0.717, 1.165) is 49.8 Å². The van der Waals surface area contributed by atoms with E-state index in [4.69, 9.17) is 4.74 Å². The highest BCUT2D eigenvalue weighted by Gasteiger charge is 2.60. The van der Waals surface area contributed by atoms with Gasteiger partial charge in [0, 0.05) is 11.5 Å². The first-order valence-corrected chi connectivity index (χ1v) is 13.0. The van der Waals surface area contributed by atoms with Gasteiger partial charge < -0.3 is 15.2 Å². The molecule has 3 aliphatic carbocycles. The molecule has 5 atom stereocenters. The van der Waals surface area contributed by atoms with Crippen molar-refractivity contribution in [3.05, 3.63) is 65.2 Å². The monoisotopic (exact) mass is 475 g/mol. The first kappa shape index (κ1) is 23.9. The number of benzene rings is 2. The molecule has 3 aliphatic rings. The summed E-state index contributed by atoms with van der Waals surface area (Å²) in [5.41, 5.74) is 2.72. The number of carboxylic acids is 1. The molecule has 1 unspecified atom stereocenters. The predicted molar refractivity (Wildman–Crippen MR) is 135 cm³/mol. The lowest BCUT2D eigenvalue weighted by Gasteiger charge is -2.52. The number of aryl methyl sites for hydroxylation is 1. The number of hydrogen-bond acceptors (Lipinski definition) is 3. The summed E-state index contributed by atoms with van der Waals surface area (Å²) in [7, 11) is 1.64. The van der Waals surface area contributed by atoms with Crippen LogP contribution >= 0.6 is 0 Å². The zero-order valence-electron chi connectivity index (χ0n) is 21.0. The van der Waals surface area contributed by atoms with Gasteiger partial charge >= 0.3 is 5.97 Å². The molecule has 2 saturated carbocycles. The van der Waals surface area contributed by atoms with Gasteiger partial charge in [0.1, 0.15) is 5.75 Å². The van der Waals surface area contributed by atoms with Crippen molar-refractivity contribution in [2.24, 2.45) is 23.2 Å². The number of amides is 1. The van der Waals surface area contributed by atoms with Crippen LogP contribution in [0.5, 0.6) is 5.75 Å². The maximum atomic E-state index is 13.9. The summed E-state index contributed by atoms with van der Waals surface area (Å²) in [6.07, 6.45) is 5.68. The Morgan fingerprint density at radius 2 is 1.80 bits per heavy atom. The molecule has 2 fully saturated rings. The normalized spacial score (nSPS) is 29.5. The molecule has 1 amide bonds. The molecule has 0 aliphatic heterocycles. The van der Waals surface area contributed by atoms with Gasteiger partial charge in [0.05, 0.1) is 19.1 Å². The highest BCUT2D eigenvalue weighted by atomic mass is 16.5. The van der Waals surface area contributed by atoms with Gasteiger partial charge in [-0.25, -0.2) is 0 Å². The lowest BCUT2D eigenvalue weighted by Crippen LogP contribution is -2.51.